The Morgan fingerprint density at radius 2 is 1.62 bits per heavy atom. The van der Waals surface area contributed by atoms with E-state index < -0.39 is 0 Å². The van der Waals surface area contributed by atoms with Crippen molar-refractivity contribution in [1.29, 1.82) is 0 Å². The SMILES string of the molecule is COCCC(=O)Nc1cc(-c2ccnc(Nc3ccccc3)c2)ccn1. The van der Waals surface area contributed by atoms with Gasteiger partial charge in [0.2, 0.25) is 5.91 Å². The number of nitrogens with one attached hydrogen (secondary N) is 2. The number of para-hydroxylation sites is 1. The smallest absolute Gasteiger partial charge is 0.227 e. The maximum atomic E-state index is 11.8. The average Bonchev–Trinajstić information content (AvgIpc) is 2.68. The highest BCUT2D eigenvalue weighted by Crippen LogP contribution is 2.24. The van der Waals surface area contributed by atoms with Crippen LogP contribution in [-0.4, -0.2) is 29.6 Å². The Balaban J connectivity index is 1.75. The van der Waals surface area contributed by atoms with Crippen LogP contribution < -0.4 is 10.6 Å². The fourth-order valence-corrected chi connectivity index (χ4v) is 2.43. The molecule has 0 fully saturated rings. The highest BCUT2D eigenvalue weighted by molar-refractivity contribution is 5.90. The maximum Gasteiger partial charge on any atom is 0.227 e. The summed E-state index contributed by atoms with van der Waals surface area (Å²) in [5.74, 6) is 1.13. The van der Waals surface area contributed by atoms with Gasteiger partial charge in [0, 0.05) is 25.2 Å². The van der Waals surface area contributed by atoms with Gasteiger partial charge >= 0.3 is 0 Å². The fourth-order valence-electron chi connectivity index (χ4n) is 2.43. The lowest BCUT2D eigenvalue weighted by Gasteiger charge is -2.09. The number of pyridine rings is 2. The number of carbonyl (C=O) groups excluding carboxylic acids is 1. The van der Waals surface area contributed by atoms with Crippen molar-refractivity contribution in [1.82, 2.24) is 9.97 Å². The summed E-state index contributed by atoms with van der Waals surface area (Å²) in [5, 5.41) is 6.05. The lowest BCUT2D eigenvalue weighted by atomic mass is 10.1. The van der Waals surface area contributed by atoms with Crippen LogP contribution in [0, 0.1) is 0 Å². The summed E-state index contributed by atoms with van der Waals surface area (Å²) in [6.07, 6.45) is 3.71. The van der Waals surface area contributed by atoms with Crippen LogP contribution in [0.1, 0.15) is 6.42 Å². The fraction of sp³-hybridized carbons (Fsp3) is 0.150. The molecule has 2 heterocycles. The average molecular weight is 348 g/mol. The number of nitrogens with zero attached hydrogens (tertiary/aromatic N) is 2. The first-order valence-corrected chi connectivity index (χ1v) is 8.28. The number of rotatable bonds is 7. The normalized spacial score (nSPS) is 10.3. The molecule has 0 atom stereocenters. The summed E-state index contributed by atoms with van der Waals surface area (Å²) in [6.45, 7) is 0.379. The Labute approximate surface area is 152 Å². The number of ether oxygens (including phenoxy) is 1. The molecule has 132 valence electrons. The molecule has 0 saturated heterocycles. The third-order valence-electron chi connectivity index (χ3n) is 3.70. The second kappa shape index (κ2) is 8.73. The van der Waals surface area contributed by atoms with Gasteiger partial charge in [-0.25, -0.2) is 9.97 Å². The molecule has 6 nitrogen and oxygen atoms in total. The Bertz CT molecular complexity index is 868. The van der Waals surface area contributed by atoms with Gasteiger partial charge in [0.25, 0.3) is 0 Å². The first-order valence-electron chi connectivity index (χ1n) is 8.28. The summed E-state index contributed by atoms with van der Waals surface area (Å²) in [4.78, 5) is 20.4. The van der Waals surface area contributed by atoms with Crippen molar-refractivity contribution in [3.63, 3.8) is 0 Å². The Kier molecular flexibility index (Phi) is 5.90. The van der Waals surface area contributed by atoms with Gasteiger partial charge in [-0.15, -0.1) is 0 Å². The zero-order valence-electron chi connectivity index (χ0n) is 14.5. The molecule has 3 aromatic rings. The standard InChI is InChI=1S/C20H20N4O2/c1-26-12-9-20(25)24-19-14-16(8-11-22-19)15-7-10-21-18(13-15)23-17-5-3-2-4-6-17/h2-8,10-11,13-14H,9,12H2,1H3,(H,21,23)(H,22,24,25). The van der Waals surface area contributed by atoms with Crippen LogP contribution in [0.5, 0.6) is 0 Å². The molecular weight excluding hydrogens is 328 g/mol. The number of amides is 1. The van der Waals surface area contributed by atoms with E-state index in [2.05, 4.69) is 20.6 Å². The Morgan fingerprint density at radius 1 is 0.962 bits per heavy atom. The van der Waals surface area contributed by atoms with Crippen LogP contribution in [0.3, 0.4) is 0 Å². The molecule has 0 radical (unpaired) electrons. The number of hydrogen-bond acceptors (Lipinski definition) is 5. The van der Waals surface area contributed by atoms with Gasteiger partial charge < -0.3 is 15.4 Å². The summed E-state index contributed by atoms with van der Waals surface area (Å²) in [7, 11) is 1.57. The Hall–Kier alpha value is -3.25. The van der Waals surface area contributed by atoms with E-state index in [4.69, 9.17) is 4.74 Å². The number of carbonyl (C=O) groups is 1. The van der Waals surface area contributed by atoms with Crippen molar-refractivity contribution in [2.75, 3.05) is 24.4 Å². The lowest BCUT2D eigenvalue weighted by molar-refractivity contribution is -0.117. The van der Waals surface area contributed by atoms with Gasteiger partial charge in [-0.3, -0.25) is 4.79 Å². The summed E-state index contributed by atoms with van der Waals surface area (Å²) in [6, 6.07) is 17.5. The van der Waals surface area contributed by atoms with Crippen LogP contribution >= 0.6 is 0 Å². The van der Waals surface area contributed by atoms with E-state index in [1.165, 1.54) is 0 Å². The van der Waals surface area contributed by atoms with Crippen molar-refractivity contribution < 1.29 is 9.53 Å². The first-order chi connectivity index (χ1) is 12.7. The maximum absolute atomic E-state index is 11.8. The van der Waals surface area contributed by atoms with Gasteiger partial charge in [0.1, 0.15) is 11.6 Å². The van der Waals surface area contributed by atoms with E-state index in [9.17, 15) is 4.79 Å². The molecule has 0 aliphatic carbocycles. The number of methoxy groups -OCH3 is 1. The lowest BCUT2D eigenvalue weighted by Crippen LogP contribution is -2.14. The van der Waals surface area contributed by atoms with Crippen molar-refractivity contribution in [3.8, 4) is 11.1 Å². The van der Waals surface area contributed by atoms with E-state index >= 15 is 0 Å². The van der Waals surface area contributed by atoms with E-state index in [0.717, 1.165) is 22.6 Å². The molecule has 0 bridgehead atoms. The minimum Gasteiger partial charge on any atom is -0.384 e. The monoisotopic (exact) mass is 348 g/mol. The summed E-state index contributed by atoms with van der Waals surface area (Å²) >= 11 is 0. The molecule has 6 heteroatoms. The molecule has 1 amide bonds. The van der Waals surface area contributed by atoms with E-state index in [1.807, 2.05) is 54.6 Å². The number of anilines is 3. The van der Waals surface area contributed by atoms with Crippen molar-refractivity contribution >= 4 is 23.2 Å². The molecule has 0 saturated carbocycles. The highest BCUT2D eigenvalue weighted by atomic mass is 16.5. The van der Waals surface area contributed by atoms with Gasteiger partial charge in [-0.2, -0.15) is 0 Å². The van der Waals surface area contributed by atoms with Gasteiger partial charge in [-0.05, 0) is 47.5 Å². The van der Waals surface area contributed by atoms with Crippen molar-refractivity contribution in [3.05, 3.63) is 67.0 Å². The van der Waals surface area contributed by atoms with Crippen molar-refractivity contribution in [2.24, 2.45) is 0 Å². The predicted molar refractivity (Wildman–Crippen MR) is 102 cm³/mol. The Morgan fingerprint density at radius 3 is 2.31 bits per heavy atom. The topological polar surface area (TPSA) is 76.1 Å². The minimum atomic E-state index is -0.127. The molecule has 0 aliphatic rings. The third-order valence-corrected chi connectivity index (χ3v) is 3.70. The molecule has 3 rings (SSSR count). The van der Waals surface area contributed by atoms with Crippen molar-refractivity contribution in [2.45, 2.75) is 6.42 Å². The molecule has 2 aromatic heterocycles. The number of benzene rings is 1. The molecule has 26 heavy (non-hydrogen) atoms. The molecule has 1 aromatic carbocycles. The zero-order chi connectivity index (χ0) is 18.2. The second-order valence-electron chi connectivity index (χ2n) is 5.64. The highest BCUT2D eigenvalue weighted by Gasteiger charge is 2.06. The molecule has 0 unspecified atom stereocenters. The molecule has 2 N–H and O–H groups in total. The third kappa shape index (κ3) is 4.87. The summed E-state index contributed by atoms with van der Waals surface area (Å²) < 4.78 is 4.91. The zero-order valence-corrected chi connectivity index (χ0v) is 14.5. The van der Waals surface area contributed by atoms with Crippen LogP contribution in [0.2, 0.25) is 0 Å². The number of aromatic nitrogens is 2. The van der Waals surface area contributed by atoms with Gasteiger partial charge in [-0.1, -0.05) is 18.2 Å². The molecular formula is C20H20N4O2. The van der Waals surface area contributed by atoms with Crippen LogP contribution in [0.4, 0.5) is 17.3 Å². The molecule has 0 spiro atoms. The quantitative estimate of drug-likeness (QED) is 0.678. The van der Waals surface area contributed by atoms with Gasteiger partial charge in [0.05, 0.1) is 13.0 Å². The van der Waals surface area contributed by atoms with E-state index in [-0.39, 0.29) is 5.91 Å². The first kappa shape index (κ1) is 17.6. The van der Waals surface area contributed by atoms with Crippen LogP contribution in [-0.2, 0) is 9.53 Å². The largest absolute Gasteiger partial charge is 0.384 e. The minimum absolute atomic E-state index is 0.127. The second-order valence-corrected chi connectivity index (χ2v) is 5.64. The van der Waals surface area contributed by atoms with E-state index in [0.29, 0.717) is 18.8 Å². The number of hydrogen-bond donors (Lipinski definition) is 2. The van der Waals surface area contributed by atoms with Crippen LogP contribution in [0.25, 0.3) is 11.1 Å². The van der Waals surface area contributed by atoms with Gasteiger partial charge in [0.15, 0.2) is 0 Å². The van der Waals surface area contributed by atoms with Crippen LogP contribution in [0.15, 0.2) is 67.0 Å². The van der Waals surface area contributed by atoms with E-state index in [1.54, 1.807) is 19.5 Å². The predicted octanol–water partition coefficient (Wildman–Crippen LogP) is 3.86. The summed E-state index contributed by atoms with van der Waals surface area (Å²) in [5.41, 5.74) is 2.90. The molecule has 0 aliphatic heterocycles.